The van der Waals surface area contributed by atoms with Crippen LogP contribution < -0.4 is 27.6 Å². The molecule has 1 amide bonds. The van der Waals surface area contributed by atoms with Crippen LogP contribution in [0.5, 0.6) is 0 Å². The van der Waals surface area contributed by atoms with Gasteiger partial charge in [0.05, 0.1) is 50.8 Å². The van der Waals surface area contributed by atoms with Gasteiger partial charge in [-0.15, -0.1) is 12.4 Å². The van der Waals surface area contributed by atoms with Crippen molar-refractivity contribution >= 4 is 71.5 Å². The summed E-state index contributed by atoms with van der Waals surface area (Å²) in [6.07, 6.45) is 32.4. The second-order valence-electron chi connectivity index (χ2n) is 42.0. The van der Waals surface area contributed by atoms with Crippen LogP contribution in [0, 0.1) is 106 Å². The van der Waals surface area contributed by atoms with Crippen LogP contribution in [0.3, 0.4) is 0 Å². The van der Waals surface area contributed by atoms with Crippen LogP contribution in [0.2, 0.25) is 0 Å². The van der Waals surface area contributed by atoms with Gasteiger partial charge in [0, 0.05) is 86.6 Å². The number of aldehydes is 1. The number of carbonyl (C=O) groups is 5. The minimum Gasteiger partial charge on any atom is -1.00 e. The third kappa shape index (κ3) is 41.0. The molecule has 1 aromatic carbocycles. The van der Waals surface area contributed by atoms with Crippen LogP contribution in [-0.2, 0) is 55.5 Å². The second-order valence-corrected chi connectivity index (χ2v) is 42.0. The Kier molecular flexibility index (Phi) is 58.9. The molecule has 5 aromatic rings. The maximum Gasteiger partial charge on any atom is 2.00 e. The van der Waals surface area contributed by atoms with Gasteiger partial charge in [0.25, 0.3) is 5.91 Å². The number of halogens is 2. The van der Waals surface area contributed by atoms with E-state index in [2.05, 4.69) is 99.6 Å². The summed E-state index contributed by atoms with van der Waals surface area (Å²) in [5, 5.41) is 73.0. The van der Waals surface area contributed by atoms with E-state index in [1.165, 1.54) is 111 Å². The number of carbonyl (C=O) groups excluding carboxylic acids is 5. The molecule has 788 valence electrons. The first-order valence-corrected chi connectivity index (χ1v) is 50.0. The molecule has 8 heterocycles. The van der Waals surface area contributed by atoms with Crippen LogP contribution in [0.15, 0.2) is 46.9 Å². The fourth-order valence-electron chi connectivity index (χ4n) is 18.9. The number of amides is 1. The Balaban J connectivity index is 0.000000799. The number of nitrogens with zero attached hydrogens (tertiary/aromatic N) is 7. The van der Waals surface area contributed by atoms with E-state index in [9.17, 15) is 44.6 Å². The SMILES string of the molecule is C.C.CC1CCC(C=O)CC1.CC1CCC(CO)CC1.COC(=O)C(C)C(C)O.COC(=O)C1N=C(C2CCC(C)CC2)OC1C.COC(=O)c1nc(C2CCC(C)CC2)oc1C.C[C@@H]1CC[C@@H](CO)CN1.Cc1oc(C2CCC(C)CC2)nc1C(C)(C)O.Cc1oc([C@@H]2CCCN(C(=O)c3ccccc3C3(C#N)CC3)C2)nc1C(C)(C)O.Cc1oc([C@@H]2CC[C@@H](C)NC2)nc1C(C)(C)O.Cl.[Br-].[CH3-].[Mg+2]. The molecule has 4 aliphatic heterocycles. The summed E-state index contributed by atoms with van der Waals surface area (Å²) in [4.78, 5) is 81.2. The molecule has 10 aliphatic rings. The van der Waals surface area contributed by atoms with Gasteiger partial charge in [-0.05, 0) is 311 Å². The Hall–Kier alpha value is -6.21. The zero-order valence-electron chi connectivity index (χ0n) is 87.5. The molecule has 4 unspecified atom stereocenters. The molecule has 139 heavy (non-hydrogen) atoms. The Morgan fingerprint density at radius 3 is 1.32 bits per heavy atom. The standard InChI is InChI=1S/C23H27N3O3.C14H23NO2.C13H22N2O2.C13H21NO3.C13H19NO3.C8H16O.C8H14O.C7H15NO.C6H12O3.2CH4.CH3.BrH.ClH.Mg/c1-15-19(22(2,3)28)25-20(29-15)16-7-6-12-26(13-16)21(27)17-8-4-5-9-18(17)23(14-24)10-11-23;1-9-5-7-11(8-6-9)13-15-12(10(2)17-13)14(3,4)16;1-8-5-6-10(7-14-8)12-15-11(9(2)17-12)13(3,4)16;2*1-8-4-6-10(7-5-8)12-14-11(9(2)17-12)13(15)16-3;2*1-7-2-4-8(6-9)5-3-7;1-6-2-3-7(5-9)4-8-6;1-4(5(2)7)6(8)9-3;;;;;;/h4-5,8-9,16,28H,6-7,10-13H2,1-3H3;9,11,16H,5-8H2,1-4H3;8,10,14,16H,5-7H2,1-4H3;8-11H,4-7H2,1-3H3;8,10H,4-7H2,1-3H3;7-9H,2-6H2,1H3;6-8H,2-5H2,1H3;6-9H,2-5H2,1H3;4-5,7H,1-3H3;2*1H4;1H3;2*1H;/q;;;;;;;;;;;-1;;;+2/p-1/t16-;;8-,10-;;;;;6-,7-;;;;;;;/m1.1....1......./s1. The molecule has 31 heteroatoms. The van der Waals surface area contributed by atoms with Crippen molar-refractivity contribution in [1.82, 2.24) is 35.5 Å². The number of likely N-dealkylation sites (tertiary alicyclic amines) is 1. The monoisotopic (exact) mass is 2050 g/mol. The van der Waals surface area contributed by atoms with E-state index in [-0.39, 0.29) is 105 Å². The maximum absolute atomic E-state index is 13.3. The fourth-order valence-corrected chi connectivity index (χ4v) is 18.9. The summed E-state index contributed by atoms with van der Waals surface area (Å²) in [6.45, 7) is 42.4. The molecule has 6 saturated carbocycles. The van der Waals surface area contributed by atoms with Crippen molar-refractivity contribution in [3.63, 3.8) is 0 Å². The number of ether oxygens (including phenoxy) is 4. The predicted molar refractivity (Wildman–Crippen MR) is 546 cm³/mol. The van der Waals surface area contributed by atoms with Gasteiger partial charge in [-0.25, -0.2) is 34.5 Å². The van der Waals surface area contributed by atoms with Crippen molar-refractivity contribution in [1.29, 1.82) is 5.26 Å². The zero-order chi connectivity index (χ0) is 98.4. The molecule has 4 aromatic heterocycles. The normalized spacial score (nSPS) is 26.5. The average molecular weight is 2050 g/mol. The summed E-state index contributed by atoms with van der Waals surface area (Å²) in [6, 6.07) is 10.7. The summed E-state index contributed by atoms with van der Waals surface area (Å²) < 4.78 is 42.4. The molecule has 6 aliphatic carbocycles. The van der Waals surface area contributed by atoms with Gasteiger partial charge < -0.3 is 112 Å². The van der Waals surface area contributed by atoms with Crippen LogP contribution >= 0.6 is 12.4 Å². The van der Waals surface area contributed by atoms with Crippen molar-refractivity contribution in [3.05, 3.63) is 112 Å². The fraction of sp³-hybridized carbons (Fsp3) is 0.759. The van der Waals surface area contributed by atoms with Gasteiger partial charge in [0.15, 0.2) is 41.2 Å². The molecule has 0 bridgehead atoms. The number of hydrogen-bond acceptors (Lipinski definition) is 27. The third-order valence-electron chi connectivity index (χ3n) is 28.6. The van der Waals surface area contributed by atoms with E-state index in [0.29, 0.717) is 131 Å². The first-order chi connectivity index (χ1) is 62.8. The molecular formula is C108H181BrClMgN9O19. The molecular weight excluding hydrogens is 1870 g/mol. The summed E-state index contributed by atoms with van der Waals surface area (Å²) in [5.41, 5.74) is 0.297. The van der Waals surface area contributed by atoms with Crippen LogP contribution in [0.1, 0.15) is 419 Å². The topological polar surface area (TPSA) is 411 Å². The largest absolute Gasteiger partial charge is 2.00 e. The minimum absolute atomic E-state index is 0. The van der Waals surface area contributed by atoms with Crippen molar-refractivity contribution in [2.24, 2.45) is 64.2 Å². The summed E-state index contributed by atoms with van der Waals surface area (Å²) in [5.74, 6) is 12.1. The van der Waals surface area contributed by atoms with E-state index < -0.39 is 46.3 Å². The van der Waals surface area contributed by atoms with E-state index >= 15 is 0 Å². The van der Waals surface area contributed by atoms with Crippen molar-refractivity contribution < 1.29 is 108 Å². The van der Waals surface area contributed by atoms with Gasteiger partial charge in [-0.3, -0.25) is 9.59 Å². The minimum atomic E-state index is -1.06. The molecule has 15 rings (SSSR count). The number of esters is 3. The van der Waals surface area contributed by atoms with Gasteiger partial charge in [0.2, 0.25) is 0 Å². The molecule has 28 nitrogen and oxygen atoms in total. The zero-order valence-corrected chi connectivity index (χ0v) is 91.3. The second kappa shape index (κ2) is 62.6. The number of piperidine rings is 3. The number of aliphatic hydroxyl groups is 6. The number of methoxy groups -OCH3 is 3. The first-order valence-electron chi connectivity index (χ1n) is 50.0. The van der Waals surface area contributed by atoms with Gasteiger partial charge in [0.1, 0.15) is 69.3 Å². The summed E-state index contributed by atoms with van der Waals surface area (Å²) >= 11 is 0. The number of rotatable bonds is 17. The van der Waals surface area contributed by atoms with E-state index in [1.54, 1.807) is 62.3 Å². The Morgan fingerprint density at radius 2 is 0.942 bits per heavy atom. The van der Waals surface area contributed by atoms with Gasteiger partial charge in [-0.1, -0.05) is 93.4 Å². The molecule has 0 spiro atoms. The van der Waals surface area contributed by atoms with Gasteiger partial charge >= 0.3 is 41.0 Å². The van der Waals surface area contributed by atoms with Crippen molar-refractivity contribution in [2.45, 2.75) is 409 Å². The number of oxazole rings is 4. The number of aliphatic hydroxyl groups excluding tert-OH is 3. The van der Waals surface area contributed by atoms with Crippen molar-refractivity contribution in [2.75, 3.05) is 60.7 Å². The van der Waals surface area contributed by atoms with E-state index in [1.807, 2.05) is 56.9 Å². The molecule has 9 atom stereocenters. The Bertz CT molecular complexity index is 4310. The number of aromatic nitrogens is 4. The van der Waals surface area contributed by atoms with Crippen LogP contribution in [-0.4, -0.2) is 206 Å². The number of aliphatic imine (C=N–C) groups is 1. The first kappa shape index (κ1) is 131. The average Bonchev–Trinajstić information content (AvgIpc) is 1.60. The number of nitriles is 1. The predicted octanol–water partition coefficient (Wildman–Crippen LogP) is 17.7. The number of hydrogen-bond donors (Lipinski definition) is 8. The van der Waals surface area contributed by atoms with Crippen LogP contribution in [0.25, 0.3) is 0 Å². The van der Waals surface area contributed by atoms with E-state index in [4.69, 9.17) is 42.5 Å². The van der Waals surface area contributed by atoms with Gasteiger partial charge in [-0.2, -0.15) is 5.26 Å². The number of benzene rings is 1. The summed E-state index contributed by atoms with van der Waals surface area (Å²) in [7, 11) is 4.06. The number of nitrogens with one attached hydrogen (secondary N) is 2. The maximum atomic E-state index is 13.3. The molecule has 9 fully saturated rings. The quantitative estimate of drug-likeness (QED) is 0.0141. The van der Waals surface area contributed by atoms with Crippen molar-refractivity contribution in [3.8, 4) is 6.07 Å². The molecule has 0 radical (unpaired) electrons. The smallest absolute Gasteiger partial charge is 1.00 e. The van der Waals surface area contributed by atoms with E-state index in [0.717, 1.165) is 174 Å². The Morgan fingerprint density at radius 1 is 0.547 bits per heavy atom. The molecule has 3 saturated heterocycles. The Labute approximate surface area is 867 Å². The molecule has 8 N–H and O–H groups in total. The third-order valence-corrected chi connectivity index (χ3v) is 28.6. The number of aryl methyl sites for hydroxylation is 4. The van der Waals surface area contributed by atoms with Crippen LogP contribution in [0.4, 0.5) is 0 Å².